The number of rotatable bonds is 5. The van der Waals surface area contributed by atoms with E-state index in [1.807, 2.05) is 24.3 Å². The minimum atomic E-state index is -3.64. The summed E-state index contributed by atoms with van der Waals surface area (Å²) in [4.78, 5) is 17.8. The van der Waals surface area contributed by atoms with Gasteiger partial charge in [-0.05, 0) is 79.4 Å². The summed E-state index contributed by atoms with van der Waals surface area (Å²) in [5.74, 6) is -0.556. The van der Waals surface area contributed by atoms with Crippen molar-refractivity contribution in [3.63, 3.8) is 0 Å². The highest BCUT2D eigenvalue weighted by Crippen LogP contribution is 2.35. The van der Waals surface area contributed by atoms with Crippen molar-refractivity contribution in [3.8, 4) is 22.3 Å². The minimum absolute atomic E-state index is 0.0722. The van der Waals surface area contributed by atoms with Gasteiger partial charge in [-0.1, -0.05) is 54.6 Å². The number of fused-ring (bicyclic) bond motifs is 1. The summed E-state index contributed by atoms with van der Waals surface area (Å²) in [6.07, 6.45) is 0.0722. The second kappa shape index (κ2) is 10.2. The Bertz CT molecular complexity index is 1710. The summed E-state index contributed by atoms with van der Waals surface area (Å²) in [5.41, 5.74) is 4.69. The molecule has 5 rings (SSSR count). The van der Waals surface area contributed by atoms with Gasteiger partial charge in [0.25, 0.3) is 0 Å². The third-order valence-electron chi connectivity index (χ3n) is 6.17. The van der Waals surface area contributed by atoms with Crippen molar-refractivity contribution in [2.24, 2.45) is 4.99 Å². The van der Waals surface area contributed by atoms with Gasteiger partial charge in [0.15, 0.2) is 0 Å². The molecule has 39 heavy (non-hydrogen) atoms. The maximum atomic E-state index is 14.3. The molecule has 0 saturated heterocycles. The molecule has 1 aliphatic heterocycles. The SMILES string of the molecule is CC(C)(C)NS(=O)(=O)c1ccc(-c2cccc(C3=Nc4ccc(-c5ccccc5F)cc4NC(=O)C3)c2)cc1. The van der Waals surface area contributed by atoms with E-state index >= 15 is 0 Å². The lowest BCUT2D eigenvalue weighted by Gasteiger charge is -2.20. The predicted molar refractivity (Wildman–Crippen MR) is 153 cm³/mol. The first-order valence-electron chi connectivity index (χ1n) is 12.5. The second-order valence-corrected chi connectivity index (χ2v) is 12.1. The summed E-state index contributed by atoms with van der Waals surface area (Å²) in [6.45, 7) is 5.38. The molecular weight excluding hydrogens is 513 g/mol. The van der Waals surface area contributed by atoms with Gasteiger partial charge >= 0.3 is 0 Å². The van der Waals surface area contributed by atoms with Gasteiger partial charge in [-0.15, -0.1) is 0 Å². The Morgan fingerprint density at radius 1 is 0.821 bits per heavy atom. The first-order valence-corrected chi connectivity index (χ1v) is 14.0. The van der Waals surface area contributed by atoms with Crippen LogP contribution in [0.1, 0.15) is 32.8 Å². The first-order chi connectivity index (χ1) is 18.5. The van der Waals surface area contributed by atoms with E-state index in [4.69, 9.17) is 4.99 Å². The van der Waals surface area contributed by atoms with Crippen LogP contribution in [0.3, 0.4) is 0 Å². The van der Waals surface area contributed by atoms with Crippen LogP contribution in [0.5, 0.6) is 0 Å². The molecule has 0 saturated carbocycles. The molecule has 4 aromatic carbocycles. The fraction of sp³-hybridized carbons (Fsp3) is 0.161. The number of amides is 1. The number of hydrogen-bond donors (Lipinski definition) is 2. The topological polar surface area (TPSA) is 87.6 Å². The number of benzene rings is 4. The lowest BCUT2D eigenvalue weighted by Crippen LogP contribution is -2.40. The minimum Gasteiger partial charge on any atom is -0.324 e. The number of hydrogen-bond acceptors (Lipinski definition) is 4. The Morgan fingerprint density at radius 3 is 2.23 bits per heavy atom. The van der Waals surface area contributed by atoms with E-state index in [9.17, 15) is 17.6 Å². The molecule has 8 heteroatoms. The molecule has 0 spiro atoms. The third-order valence-corrected chi connectivity index (χ3v) is 7.95. The average molecular weight is 542 g/mol. The van der Waals surface area contributed by atoms with Crippen LogP contribution >= 0.6 is 0 Å². The molecule has 0 radical (unpaired) electrons. The largest absolute Gasteiger partial charge is 0.324 e. The fourth-order valence-electron chi connectivity index (χ4n) is 4.46. The van der Waals surface area contributed by atoms with E-state index in [-0.39, 0.29) is 23.0 Å². The zero-order chi connectivity index (χ0) is 27.8. The molecule has 6 nitrogen and oxygen atoms in total. The van der Waals surface area contributed by atoms with Gasteiger partial charge in [0.1, 0.15) is 5.82 Å². The summed E-state index contributed by atoms with van der Waals surface area (Å²) in [7, 11) is -3.64. The Kier molecular flexibility index (Phi) is 6.92. The summed E-state index contributed by atoms with van der Waals surface area (Å²) >= 11 is 0. The van der Waals surface area contributed by atoms with Crippen molar-refractivity contribution in [2.75, 3.05) is 5.32 Å². The van der Waals surface area contributed by atoms with Crippen molar-refractivity contribution >= 4 is 33.0 Å². The van der Waals surface area contributed by atoms with Gasteiger partial charge in [0.05, 0.1) is 28.4 Å². The van der Waals surface area contributed by atoms with E-state index in [0.29, 0.717) is 28.2 Å². The summed E-state index contributed by atoms with van der Waals surface area (Å²) in [5, 5.41) is 2.90. The van der Waals surface area contributed by atoms with Crippen molar-refractivity contribution in [3.05, 3.63) is 102 Å². The molecule has 198 valence electrons. The zero-order valence-corrected chi connectivity index (χ0v) is 22.6. The molecule has 1 heterocycles. The molecule has 0 aromatic heterocycles. The van der Waals surface area contributed by atoms with Crippen molar-refractivity contribution in [2.45, 2.75) is 37.6 Å². The highest BCUT2D eigenvalue weighted by molar-refractivity contribution is 7.89. The molecule has 2 N–H and O–H groups in total. The van der Waals surface area contributed by atoms with Crippen LogP contribution in [0.15, 0.2) is 101 Å². The number of anilines is 1. The number of nitrogens with one attached hydrogen (secondary N) is 2. The van der Waals surface area contributed by atoms with Gasteiger partial charge < -0.3 is 5.32 Å². The van der Waals surface area contributed by atoms with E-state index in [1.165, 1.54) is 6.07 Å². The van der Waals surface area contributed by atoms with Crippen LogP contribution in [0.4, 0.5) is 15.8 Å². The van der Waals surface area contributed by atoms with E-state index < -0.39 is 15.6 Å². The van der Waals surface area contributed by atoms with Crippen molar-refractivity contribution in [1.29, 1.82) is 0 Å². The smallest absolute Gasteiger partial charge is 0.241 e. The molecule has 0 aliphatic carbocycles. The molecular formula is C31H28FN3O3S. The molecule has 1 aliphatic rings. The maximum Gasteiger partial charge on any atom is 0.241 e. The fourth-order valence-corrected chi connectivity index (χ4v) is 5.88. The second-order valence-electron chi connectivity index (χ2n) is 10.5. The van der Waals surface area contributed by atoms with Crippen molar-refractivity contribution < 1.29 is 17.6 Å². The number of carbonyl (C=O) groups is 1. The molecule has 0 atom stereocenters. The van der Waals surface area contributed by atoms with Crippen LogP contribution < -0.4 is 10.0 Å². The highest BCUT2D eigenvalue weighted by Gasteiger charge is 2.22. The zero-order valence-electron chi connectivity index (χ0n) is 21.8. The van der Waals surface area contributed by atoms with Crippen molar-refractivity contribution in [1.82, 2.24) is 4.72 Å². The molecule has 0 bridgehead atoms. The quantitative estimate of drug-likeness (QED) is 0.295. The number of nitrogens with zero attached hydrogens (tertiary/aromatic N) is 1. The van der Waals surface area contributed by atoms with Crippen LogP contribution in [0, 0.1) is 5.82 Å². The number of sulfonamides is 1. The van der Waals surface area contributed by atoms with E-state index in [1.54, 1.807) is 81.4 Å². The molecule has 4 aromatic rings. The summed E-state index contributed by atoms with van der Waals surface area (Å²) < 4.78 is 42.3. The standard InChI is InChI=1S/C31H28FN3O3S/c1-31(2,3)35-39(37,38)24-14-11-20(12-15-24)21-7-6-8-23(17-21)28-19-30(36)34-29-18-22(13-16-27(29)33-28)25-9-4-5-10-26(25)32/h4-18,35H,19H2,1-3H3,(H,34,36). The lowest BCUT2D eigenvalue weighted by molar-refractivity contribution is -0.115. The Balaban J connectivity index is 1.46. The van der Waals surface area contributed by atoms with Gasteiger partial charge in [-0.2, -0.15) is 0 Å². The molecule has 0 fully saturated rings. The van der Waals surface area contributed by atoms with Crippen LogP contribution in [-0.4, -0.2) is 25.6 Å². The number of carbonyl (C=O) groups excluding carboxylic acids is 1. The first kappa shape index (κ1) is 26.5. The highest BCUT2D eigenvalue weighted by atomic mass is 32.2. The molecule has 1 amide bonds. The predicted octanol–water partition coefficient (Wildman–Crippen LogP) is 6.70. The monoisotopic (exact) mass is 541 g/mol. The number of halogens is 1. The van der Waals surface area contributed by atoms with E-state index in [2.05, 4.69) is 10.0 Å². The maximum absolute atomic E-state index is 14.3. The van der Waals surface area contributed by atoms with Crippen LogP contribution in [0.2, 0.25) is 0 Å². The van der Waals surface area contributed by atoms with Crippen LogP contribution in [0.25, 0.3) is 22.3 Å². The Hall–Kier alpha value is -4.14. The van der Waals surface area contributed by atoms with Crippen LogP contribution in [-0.2, 0) is 14.8 Å². The van der Waals surface area contributed by atoms with Gasteiger partial charge in [-0.25, -0.2) is 17.5 Å². The third kappa shape index (κ3) is 5.97. The lowest BCUT2D eigenvalue weighted by atomic mass is 9.99. The Labute approximate surface area is 227 Å². The van der Waals surface area contributed by atoms with Gasteiger partial charge in [-0.3, -0.25) is 9.79 Å². The average Bonchev–Trinajstić information content (AvgIpc) is 3.05. The molecule has 0 unspecified atom stereocenters. The van der Waals surface area contributed by atoms with E-state index in [0.717, 1.165) is 16.7 Å². The number of aliphatic imine (C=N–C) groups is 1. The normalized spacial score (nSPS) is 13.7. The van der Waals surface area contributed by atoms with Gasteiger partial charge in [0, 0.05) is 11.1 Å². The Morgan fingerprint density at radius 2 is 1.51 bits per heavy atom. The van der Waals surface area contributed by atoms with Gasteiger partial charge in [0.2, 0.25) is 15.9 Å². The summed E-state index contributed by atoms with van der Waals surface area (Å²) in [6, 6.07) is 26.1.